The quantitative estimate of drug-likeness (QED) is 0.934. The van der Waals surface area contributed by atoms with Gasteiger partial charge in [-0.25, -0.2) is 0 Å². The van der Waals surface area contributed by atoms with Crippen molar-refractivity contribution in [3.63, 3.8) is 0 Å². The van der Waals surface area contributed by atoms with Crippen LogP contribution in [0.3, 0.4) is 0 Å². The minimum Gasteiger partial charge on any atom is -0.368 e. The molecule has 1 atom stereocenters. The number of rotatable bonds is 4. The maximum atomic E-state index is 5.79. The van der Waals surface area contributed by atoms with Gasteiger partial charge in [0.2, 0.25) is 0 Å². The predicted molar refractivity (Wildman–Crippen MR) is 81.0 cm³/mol. The van der Waals surface area contributed by atoms with Crippen LogP contribution in [0.15, 0.2) is 34.2 Å². The lowest BCUT2D eigenvalue weighted by molar-refractivity contribution is 0.779. The van der Waals surface area contributed by atoms with Gasteiger partial charge < -0.3 is 10.6 Å². The Kier molecular flexibility index (Phi) is 4.37. The lowest BCUT2D eigenvalue weighted by Gasteiger charge is -2.18. The summed E-state index contributed by atoms with van der Waals surface area (Å²) in [7, 11) is 2.07. The van der Waals surface area contributed by atoms with E-state index in [9.17, 15) is 0 Å². The van der Waals surface area contributed by atoms with Crippen LogP contribution in [0.5, 0.6) is 0 Å². The molecule has 0 amide bonds. The first-order valence-corrected chi connectivity index (χ1v) is 7.39. The molecule has 2 aromatic heterocycles. The van der Waals surface area contributed by atoms with E-state index < -0.39 is 0 Å². The zero-order chi connectivity index (χ0) is 13.1. The predicted octanol–water partition coefficient (Wildman–Crippen LogP) is 3.56. The normalized spacial score (nSPS) is 12.4. The summed E-state index contributed by atoms with van der Waals surface area (Å²) in [6, 6.07) is 6.18. The van der Waals surface area contributed by atoms with Crippen LogP contribution < -0.4 is 10.6 Å². The second-order valence-electron chi connectivity index (χ2n) is 4.32. The molecule has 5 heteroatoms. The summed E-state index contributed by atoms with van der Waals surface area (Å²) in [5.74, 6) is 0. The van der Waals surface area contributed by atoms with Crippen LogP contribution in [0.25, 0.3) is 0 Å². The van der Waals surface area contributed by atoms with Crippen LogP contribution in [-0.4, -0.2) is 12.0 Å². The number of nitrogens with two attached hydrogens (primary N) is 1. The molecule has 0 radical (unpaired) electrons. The van der Waals surface area contributed by atoms with E-state index >= 15 is 0 Å². The molecule has 0 aliphatic rings. The molecule has 0 bridgehead atoms. The molecule has 2 heterocycles. The van der Waals surface area contributed by atoms with Crippen molar-refractivity contribution in [1.29, 1.82) is 0 Å². The van der Waals surface area contributed by atoms with E-state index in [2.05, 4.69) is 50.4 Å². The van der Waals surface area contributed by atoms with Gasteiger partial charge in [0.05, 0.1) is 24.1 Å². The van der Waals surface area contributed by atoms with Crippen molar-refractivity contribution < 1.29 is 0 Å². The molecular formula is C13H16BrN3S. The summed E-state index contributed by atoms with van der Waals surface area (Å²) < 4.78 is 1.14. The van der Waals surface area contributed by atoms with Gasteiger partial charge in [0.15, 0.2) is 0 Å². The smallest absolute Gasteiger partial charge is 0.0569 e. The number of pyridine rings is 1. The molecule has 0 fully saturated rings. The maximum absolute atomic E-state index is 5.79. The summed E-state index contributed by atoms with van der Waals surface area (Å²) >= 11 is 5.22. The molecule has 0 saturated heterocycles. The van der Waals surface area contributed by atoms with Gasteiger partial charge in [-0.1, -0.05) is 0 Å². The molecule has 96 valence electrons. The van der Waals surface area contributed by atoms with Crippen molar-refractivity contribution in [1.82, 2.24) is 4.98 Å². The van der Waals surface area contributed by atoms with Crippen LogP contribution in [0.1, 0.15) is 23.5 Å². The average molecular weight is 326 g/mol. The molecule has 2 N–H and O–H groups in total. The first kappa shape index (κ1) is 13.5. The first-order chi connectivity index (χ1) is 8.56. The third-order valence-corrected chi connectivity index (χ3v) is 4.38. The number of thiophene rings is 1. The minimum absolute atomic E-state index is 0.0161. The minimum atomic E-state index is -0.0161. The fourth-order valence-electron chi connectivity index (χ4n) is 1.65. The largest absolute Gasteiger partial charge is 0.368 e. The summed E-state index contributed by atoms with van der Waals surface area (Å²) in [5, 5.41) is 2.10. The van der Waals surface area contributed by atoms with E-state index in [-0.39, 0.29) is 6.04 Å². The second kappa shape index (κ2) is 5.82. The number of hydrogen-bond donors (Lipinski definition) is 1. The van der Waals surface area contributed by atoms with E-state index in [1.54, 1.807) is 11.3 Å². The maximum Gasteiger partial charge on any atom is 0.0569 e. The molecule has 0 unspecified atom stereocenters. The van der Waals surface area contributed by atoms with Gasteiger partial charge in [-0.3, -0.25) is 4.98 Å². The Bertz CT molecular complexity index is 507. The highest BCUT2D eigenvalue weighted by atomic mass is 79.9. The van der Waals surface area contributed by atoms with Crippen molar-refractivity contribution in [3.05, 3.63) is 44.8 Å². The monoisotopic (exact) mass is 325 g/mol. The molecule has 18 heavy (non-hydrogen) atoms. The highest BCUT2D eigenvalue weighted by Crippen LogP contribution is 2.23. The Morgan fingerprint density at radius 3 is 2.78 bits per heavy atom. The molecule has 2 aromatic rings. The lowest BCUT2D eigenvalue weighted by atomic mass is 10.2. The van der Waals surface area contributed by atoms with Gasteiger partial charge in [0.1, 0.15) is 0 Å². The summed E-state index contributed by atoms with van der Waals surface area (Å²) in [6.07, 6.45) is 1.88. The number of nitrogens with zero attached hydrogens (tertiary/aromatic N) is 2. The fraction of sp³-hybridized carbons (Fsp3) is 0.308. The third-order valence-electron chi connectivity index (χ3n) is 2.69. The van der Waals surface area contributed by atoms with Crippen molar-refractivity contribution in [2.75, 3.05) is 11.9 Å². The average Bonchev–Trinajstić information content (AvgIpc) is 2.75. The Labute approximate surface area is 120 Å². The van der Waals surface area contributed by atoms with E-state index in [4.69, 9.17) is 5.73 Å². The van der Waals surface area contributed by atoms with E-state index in [1.165, 1.54) is 4.88 Å². The highest BCUT2D eigenvalue weighted by Gasteiger charge is 2.06. The molecule has 2 rings (SSSR count). The lowest BCUT2D eigenvalue weighted by Crippen LogP contribution is -2.16. The Morgan fingerprint density at radius 1 is 1.50 bits per heavy atom. The van der Waals surface area contributed by atoms with Crippen molar-refractivity contribution >= 4 is 33.0 Å². The fourth-order valence-corrected chi connectivity index (χ4v) is 3.16. The van der Waals surface area contributed by atoms with Gasteiger partial charge in [0, 0.05) is 27.8 Å². The van der Waals surface area contributed by atoms with Crippen molar-refractivity contribution in [2.45, 2.75) is 19.5 Å². The van der Waals surface area contributed by atoms with E-state index in [0.717, 1.165) is 22.4 Å². The topological polar surface area (TPSA) is 42.1 Å². The second-order valence-corrected chi connectivity index (χ2v) is 6.23. The molecule has 0 aliphatic heterocycles. The van der Waals surface area contributed by atoms with E-state index in [0.29, 0.717) is 0 Å². The molecule has 0 saturated carbocycles. The van der Waals surface area contributed by atoms with Crippen LogP contribution >= 0.6 is 27.3 Å². The van der Waals surface area contributed by atoms with Crippen LogP contribution in [0, 0.1) is 0 Å². The molecular weight excluding hydrogens is 310 g/mol. The van der Waals surface area contributed by atoms with Crippen LogP contribution in [0.4, 0.5) is 5.69 Å². The van der Waals surface area contributed by atoms with Crippen LogP contribution in [0.2, 0.25) is 0 Å². The molecule has 0 aromatic carbocycles. The molecule has 3 nitrogen and oxygen atoms in total. The Morgan fingerprint density at radius 2 is 2.28 bits per heavy atom. The third kappa shape index (κ3) is 3.31. The SMILES string of the molecule is C[C@@H](N)c1ccc(N(C)Cc2cc(Br)cs2)cn1. The number of halogens is 1. The molecule has 0 aliphatic carbocycles. The Hall–Kier alpha value is -0.910. The van der Waals surface area contributed by atoms with Gasteiger partial charge >= 0.3 is 0 Å². The highest BCUT2D eigenvalue weighted by molar-refractivity contribution is 9.10. The van der Waals surface area contributed by atoms with Crippen molar-refractivity contribution in [2.24, 2.45) is 5.73 Å². The number of hydrogen-bond acceptors (Lipinski definition) is 4. The summed E-state index contributed by atoms with van der Waals surface area (Å²) in [5.41, 5.74) is 7.81. The first-order valence-electron chi connectivity index (χ1n) is 5.72. The van der Waals surface area contributed by atoms with Crippen LogP contribution in [-0.2, 0) is 6.54 Å². The zero-order valence-electron chi connectivity index (χ0n) is 10.4. The van der Waals surface area contributed by atoms with E-state index in [1.807, 2.05) is 19.2 Å². The standard InChI is InChI=1S/C13H16BrN3S/c1-9(15)13-4-3-11(6-16-13)17(2)7-12-5-10(14)8-18-12/h3-6,8-9H,7,15H2,1-2H3/t9-/m1/s1. The summed E-state index contributed by atoms with van der Waals surface area (Å²) in [4.78, 5) is 7.87. The molecule has 0 spiro atoms. The Balaban J connectivity index is 2.06. The van der Waals surface area contributed by atoms with Gasteiger partial charge in [-0.2, -0.15) is 0 Å². The van der Waals surface area contributed by atoms with Crippen molar-refractivity contribution in [3.8, 4) is 0 Å². The van der Waals surface area contributed by atoms with Gasteiger partial charge in [0.25, 0.3) is 0 Å². The number of anilines is 1. The zero-order valence-corrected chi connectivity index (χ0v) is 12.8. The van der Waals surface area contributed by atoms with Gasteiger partial charge in [-0.15, -0.1) is 11.3 Å². The number of aromatic nitrogens is 1. The summed E-state index contributed by atoms with van der Waals surface area (Å²) in [6.45, 7) is 2.82. The van der Waals surface area contributed by atoms with Gasteiger partial charge in [-0.05, 0) is 41.1 Å².